The van der Waals surface area contributed by atoms with Crippen LogP contribution >= 0.6 is 0 Å². The van der Waals surface area contributed by atoms with Crippen LogP contribution in [-0.4, -0.2) is 35.7 Å². The van der Waals surface area contributed by atoms with Gasteiger partial charge in [-0.15, -0.1) is 0 Å². The number of nitrogens with one attached hydrogen (secondary N) is 2. The van der Waals surface area contributed by atoms with Crippen molar-refractivity contribution in [1.29, 1.82) is 0 Å². The summed E-state index contributed by atoms with van der Waals surface area (Å²) < 4.78 is 0. The third-order valence-electron chi connectivity index (χ3n) is 5.42. The number of hydrogen-bond acceptors (Lipinski definition) is 4. The van der Waals surface area contributed by atoms with Crippen LogP contribution in [0.2, 0.25) is 0 Å². The SMILES string of the molecule is CC(CC(=O)Nc1ccccc1CN1C(=O)CCC1=O)C1CCCNC1. The van der Waals surface area contributed by atoms with E-state index in [1.807, 2.05) is 24.3 Å². The molecule has 1 aromatic rings. The monoisotopic (exact) mass is 357 g/mol. The average Bonchev–Trinajstić information content (AvgIpc) is 2.96. The molecular formula is C20H27N3O3. The lowest BCUT2D eigenvalue weighted by atomic mass is 9.85. The van der Waals surface area contributed by atoms with E-state index < -0.39 is 0 Å². The Kier molecular flexibility index (Phi) is 6.04. The minimum atomic E-state index is -0.144. The molecule has 0 spiro atoms. The fourth-order valence-electron chi connectivity index (χ4n) is 3.77. The number of piperidine rings is 1. The lowest BCUT2D eigenvalue weighted by Crippen LogP contribution is -2.34. The molecule has 2 atom stereocenters. The molecule has 6 nitrogen and oxygen atoms in total. The van der Waals surface area contributed by atoms with Gasteiger partial charge in [-0.05, 0) is 49.4 Å². The van der Waals surface area contributed by atoms with Gasteiger partial charge in [-0.25, -0.2) is 0 Å². The molecule has 2 saturated heterocycles. The van der Waals surface area contributed by atoms with Crippen molar-refractivity contribution in [2.75, 3.05) is 18.4 Å². The Morgan fingerprint density at radius 2 is 2.00 bits per heavy atom. The topological polar surface area (TPSA) is 78.5 Å². The normalized spacial score (nSPS) is 21.7. The number of carbonyl (C=O) groups excluding carboxylic acids is 3. The van der Waals surface area contributed by atoms with Gasteiger partial charge in [0.1, 0.15) is 0 Å². The molecule has 26 heavy (non-hydrogen) atoms. The quantitative estimate of drug-likeness (QED) is 0.766. The number of likely N-dealkylation sites (tertiary alicyclic amines) is 1. The van der Waals surface area contributed by atoms with Crippen LogP contribution in [0.5, 0.6) is 0 Å². The van der Waals surface area contributed by atoms with Crippen molar-refractivity contribution >= 4 is 23.4 Å². The number of para-hydroxylation sites is 1. The van der Waals surface area contributed by atoms with Crippen molar-refractivity contribution in [3.8, 4) is 0 Å². The van der Waals surface area contributed by atoms with E-state index in [0.29, 0.717) is 23.9 Å². The van der Waals surface area contributed by atoms with Crippen LogP contribution in [0.3, 0.4) is 0 Å². The lowest BCUT2D eigenvalue weighted by Gasteiger charge is -2.28. The van der Waals surface area contributed by atoms with E-state index in [0.717, 1.165) is 31.5 Å². The van der Waals surface area contributed by atoms with E-state index in [2.05, 4.69) is 17.6 Å². The molecular weight excluding hydrogens is 330 g/mol. The largest absolute Gasteiger partial charge is 0.326 e. The molecule has 2 N–H and O–H groups in total. The zero-order chi connectivity index (χ0) is 18.5. The van der Waals surface area contributed by atoms with Gasteiger partial charge < -0.3 is 10.6 Å². The van der Waals surface area contributed by atoms with E-state index >= 15 is 0 Å². The van der Waals surface area contributed by atoms with Crippen LogP contribution in [0.15, 0.2) is 24.3 Å². The molecule has 1 aromatic carbocycles. The summed E-state index contributed by atoms with van der Waals surface area (Å²) in [5, 5.41) is 6.37. The van der Waals surface area contributed by atoms with Crippen LogP contribution in [0, 0.1) is 11.8 Å². The average molecular weight is 357 g/mol. The first-order valence-corrected chi connectivity index (χ1v) is 9.46. The van der Waals surface area contributed by atoms with Gasteiger partial charge >= 0.3 is 0 Å². The summed E-state index contributed by atoms with van der Waals surface area (Å²) >= 11 is 0. The molecule has 140 valence electrons. The summed E-state index contributed by atoms with van der Waals surface area (Å²) in [6.45, 7) is 4.39. The predicted octanol–water partition coefficient (Wildman–Crippen LogP) is 2.30. The number of hydrogen-bond donors (Lipinski definition) is 2. The highest BCUT2D eigenvalue weighted by molar-refractivity contribution is 6.02. The minimum Gasteiger partial charge on any atom is -0.326 e. The van der Waals surface area contributed by atoms with Gasteiger partial charge in [0.15, 0.2) is 0 Å². The summed E-state index contributed by atoms with van der Waals surface area (Å²) in [5.41, 5.74) is 1.47. The fraction of sp³-hybridized carbons (Fsp3) is 0.550. The van der Waals surface area contributed by atoms with Crippen LogP contribution in [0.25, 0.3) is 0 Å². The molecule has 0 aliphatic carbocycles. The Morgan fingerprint density at radius 3 is 2.69 bits per heavy atom. The summed E-state index contributed by atoms with van der Waals surface area (Å²) in [6.07, 6.45) is 3.36. The van der Waals surface area contributed by atoms with E-state index in [1.165, 1.54) is 4.90 Å². The van der Waals surface area contributed by atoms with Gasteiger partial charge in [0.05, 0.1) is 6.54 Å². The van der Waals surface area contributed by atoms with Crippen molar-refractivity contribution in [2.24, 2.45) is 11.8 Å². The van der Waals surface area contributed by atoms with Gasteiger partial charge in [0.25, 0.3) is 0 Å². The predicted molar refractivity (Wildman–Crippen MR) is 99.2 cm³/mol. The maximum Gasteiger partial charge on any atom is 0.229 e. The van der Waals surface area contributed by atoms with E-state index in [1.54, 1.807) is 0 Å². The van der Waals surface area contributed by atoms with Crippen molar-refractivity contribution in [2.45, 2.75) is 45.6 Å². The Labute approximate surface area is 154 Å². The number of anilines is 1. The molecule has 2 unspecified atom stereocenters. The van der Waals surface area contributed by atoms with Crippen LogP contribution in [0.1, 0.15) is 44.6 Å². The second-order valence-corrected chi connectivity index (χ2v) is 7.37. The number of amides is 3. The second-order valence-electron chi connectivity index (χ2n) is 7.37. The molecule has 0 bridgehead atoms. The first-order chi connectivity index (χ1) is 12.5. The molecule has 0 radical (unpaired) electrons. The van der Waals surface area contributed by atoms with E-state index in [-0.39, 0.29) is 37.1 Å². The minimum absolute atomic E-state index is 0.0189. The summed E-state index contributed by atoms with van der Waals surface area (Å²) in [5.74, 6) is 0.542. The van der Waals surface area contributed by atoms with Gasteiger partial charge in [-0.3, -0.25) is 19.3 Å². The standard InChI is InChI=1S/C20H27N3O3/c1-14(15-6-4-10-21-12-15)11-18(24)22-17-7-3-2-5-16(17)13-23-19(25)8-9-20(23)26/h2-3,5,7,14-15,21H,4,6,8-13H2,1H3,(H,22,24). The molecule has 3 rings (SSSR count). The molecule has 2 aliphatic heterocycles. The maximum absolute atomic E-state index is 12.5. The third kappa shape index (κ3) is 4.49. The molecule has 2 heterocycles. The highest BCUT2D eigenvalue weighted by atomic mass is 16.2. The van der Waals surface area contributed by atoms with Crippen molar-refractivity contribution < 1.29 is 14.4 Å². The molecule has 0 saturated carbocycles. The maximum atomic E-state index is 12.5. The lowest BCUT2D eigenvalue weighted by molar-refractivity contribution is -0.139. The Morgan fingerprint density at radius 1 is 1.27 bits per heavy atom. The third-order valence-corrected chi connectivity index (χ3v) is 5.42. The fourth-order valence-corrected chi connectivity index (χ4v) is 3.77. The van der Waals surface area contributed by atoms with Gasteiger partial charge in [-0.2, -0.15) is 0 Å². The number of nitrogens with zero attached hydrogens (tertiary/aromatic N) is 1. The highest BCUT2D eigenvalue weighted by Gasteiger charge is 2.29. The van der Waals surface area contributed by atoms with Crippen LogP contribution in [0.4, 0.5) is 5.69 Å². The zero-order valence-electron chi connectivity index (χ0n) is 15.3. The van der Waals surface area contributed by atoms with Crippen molar-refractivity contribution in [3.63, 3.8) is 0 Å². The molecule has 0 aromatic heterocycles. The first kappa shape index (κ1) is 18.6. The summed E-state index contributed by atoms with van der Waals surface area (Å²) in [4.78, 5) is 37.5. The van der Waals surface area contributed by atoms with Crippen LogP contribution < -0.4 is 10.6 Å². The molecule has 3 amide bonds. The van der Waals surface area contributed by atoms with Crippen molar-refractivity contribution in [1.82, 2.24) is 10.2 Å². The van der Waals surface area contributed by atoms with Crippen molar-refractivity contribution in [3.05, 3.63) is 29.8 Å². The Hall–Kier alpha value is -2.21. The second kappa shape index (κ2) is 8.45. The summed E-state index contributed by atoms with van der Waals surface area (Å²) in [7, 11) is 0. The van der Waals surface area contributed by atoms with Gasteiger partial charge in [-0.1, -0.05) is 25.1 Å². The van der Waals surface area contributed by atoms with Gasteiger partial charge in [0.2, 0.25) is 17.7 Å². The number of carbonyl (C=O) groups is 3. The van der Waals surface area contributed by atoms with Crippen LogP contribution in [-0.2, 0) is 20.9 Å². The van der Waals surface area contributed by atoms with E-state index in [4.69, 9.17) is 0 Å². The Balaban J connectivity index is 1.61. The zero-order valence-corrected chi connectivity index (χ0v) is 15.3. The highest BCUT2D eigenvalue weighted by Crippen LogP contribution is 2.25. The molecule has 2 fully saturated rings. The number of benzene rings is 1. The van der Waals surface area contributed by atoms with E-state index in [9.17, 15) is 14.4 Å². The summed E-state index contributed by atoms with van der Waals surface area (Å²) in [6, 6.07) is 7.38. The molecule has 2 aliphatic rings. The first-order valence-electron chi connectivity index (χ1n) is 9.46. The number of imide groups is 1. The number of rotatable bonds is 6. The van der Waals surface area contributed by atoms with Gasteiger partial charge in [0, 0.05) is 24.9 Å². The smallest absolute Gasteiger partial charge is 0.229 e. The molecule has 6 heteroatoms. The Bertz CT molecular complexity index is 667.